The SMILES string of the molecule is C[C@@H]1CC(NCc2cccs2)C[C@@H](C)O1. The van der Waals surface area contributed by atoms with Crippen molar-refractivity contribution in [3.05, 3.63) is 22.4 Å². The maximum absolute atomic E-state index is 5.72. The van der Waals surface area contributed by atoms with Gasteiger partial charge in [-0.25, -0.2) is 0 Å². The van der Waals surface area contributed by atoms with Crippen LogP contribution in [0.15, 0.2) is 17.5 Å². The first-order chi connectivity index (χ1) is 7.24. The van der Waals surface area contributed by atoms with Crippen molar-refractivity contribution >= 4 is 11.3 Å². The number of ether oxygens (including phenoxy) is 1. The Kier molecular flexibility index (Phi) is 3.78. The highest BCUT2D eigenvalue weighted by atomic mass is 32.1. The number of thiophene rings is 1. The molecule has 2 nitrogen and oxygen atoms in total. The maximum atomic E-state index is 5.72. The maximum Gasteiger partial charge on any atom is 0.0565 e. The molecule has 0 aromatic carbocycles. The summed E-state index contributed by atoms with van der Waals surface area (Å²) in [7, 11) is 0. The van der Waals surface area contributed by atoms with Crippen LogP contribution in [-0.2, 0) is 11.3 Å². The third kappa shape index (κ3) is 3.30. The minimum Gasteiger partial charge on any atom is -0.375 e. The molecular weight excluding hydrogens is 206 g/mol. The summed E-state index contributed by atoms with van der Waals surface area (Å²) in [5, 5.41) is 5.75. The first-order valence-corrected chi connectivity index (χ1v) is 6.53. The highest BCUT2D eigenvalue weighted by molar-refractivity contribution is 7.09. The van der Waals surface area contributed by atoms with Gasteiger partial charge in [-0.3, -0.25) is 0 Å². The molecule has 0 spiro atoms. The van der Waals surface area contributed by atoms with Crippen LogP contribution in [-0.4, -0.2) is 18.2 Å². The standard InChI is InChI=1S/C12H19NOS/c1-9-6-11(7-10(2)14-9)13-8-12-4-3-5-15-12/h3-5,9-11,13H,6-8H2,1-2H3/t9-,10-/m1/s1. The lowest BCUT2D eigenvalue weighted by Gasteiger charge is -2.32. The molecule has 1 aromatic heterocycles. The fraction of sp³-hybridized carbons (Fsp3) is 0.667. The number of hydrogen-bond acceptors (Lipinski definition) is 3. The van der Waals surface area contributed by atoms with E-state index in [0.717, 1.165) is 19.4 Å². The Morgan fingerprint density at radius 1 is 1.40 bits per heavy atom. The zero-order valence-corrected chi connectivity index (χ0v) is 10.2. The smallest absolute Gasteiger partial charge is 0.0565 e. The average molecular weight is 225 g/mol. The molecule has 1 saturated heterocycles. The van der Waals surface area contributed by atoms with Crippen molar-refractivity contribution in [2.24, 2.45) is 0 Å². The van der Waals surface area contributed by atoms with Crippen LogP contribution in [0.25, 0.3) is 0 Å². The van der Waals surface area contributed by atoms with Crippen LogP contribution in [0.3, 0.4) is 0 Å². The molecule has 0 saturated carbocycles. The van der Waals surface area contributed by atoms with Gasteiger partial charge < -0.3 is 10.1 Å². The number of rotatable bonds is 3. The topological polar surface area (TPSA) is 21.3 Å². The Bertz CT molecular complexity index is 276. The Balaban J connectivity index is 1.79. The van der Waals surface area contributed by atoms with Gasteiger partial charge in [0.2, 0.25) is 0 Å². The minimum absolute atomic E-state index is 0.398. The molecule has 0 amide bonds. The van der Waals surface area contributed by atoms with Crippen LogP contribution < -0.4 is 5.32 Å². The largest absolute Gasteiger partial charge is 0.375 e. The highest BCUT2D eigenvalue weighted by Gasteiger charge is 2.23. The third-order valence-corrected chi connectivity index (χ3v) is 3.72. The lowest BCUT2D eigenvalue weighted by Crippen LogP contribution is -2.40. The molecule has 1 aromatic rings. The molecule has 2 atom stereocenters. The second-order valence-electron chi connectivity index (χ2n) is 4.39. The summed E-state index contributed by atoms with van der Waals surface area (Å²) in [6, 6.07) is 4.91. The fourth-order valence-corrected chi connectivity index (χ4v) is 2.89. The average Bonchev–Trinajstić information content (AvgIpc) is 2.65. The van der Waals surface area contributed by atoms with Gasteiger partial charge in [-0.1, -0.05) is 6.07 Å². The fourth-order valence-electron chi connectivity index (χ4n) is 2.23. The molecule has 1 aliphatic heterocycles. The lowest BCUT2D eigenvalue weighted by atomic mass is 10.00. The predicted octanol–water partition coefficient (Wildman–Crippen LogP) is 2.79. The molecule has 1 fully saturated rings. The molecule has 1 aliphatic rings. The van der Waals surface area contributed by atoms with Gasteiger partial charge in [0.25, 0.3) is 0 Å². The summed E-state index contributed by atoms with van der Waals surface area (Å²) >= 11 is 1.82. The molecule has 1 N–H and O–H groups in total. The van der Waals surface area contributed by atoms with Gasteiger partial charge in [0.1, 0.15) is 0 Å². The van der Waals surface area contributed by atoms with Crippen LogP contribution in [0.5, 0.6) is 0 Å². The first kappa shape index (κ1) is 11.1. The molecule has 2 rings (SSSR count). The zero-order chi connectivity index (χ0) is 10.7. The molecule has 0 aliphatic carbocycles. The van der Waals surface area contributed by atoms with E-state index in [2.05, 4.69) is 36.7 Å². The van der Waals surface area contributed by atoms with Crippen molar-refractivity contribution in [1.29, 1.82) is 0 Å². The van der Waals surface area contributed by atoms with Crippen molar-refractivity contribution in [3.8, 4) is 0 Å². The zero-order valence-electron chi connectivity index (χ0n) is 9.40. The van der Waals surface area contributed by atoms with Crippen molar-refractivity contribution in [2.75, 3.05) is 0 Å². The molecular formula is C12H19NOS. The van der Waals surface area contributed by atoms with Gasteiger partial charge in [-0.05, 0) is 38.1 Å². The Labute approximate surface area is 95.6 Å². The van der Waals surface area contributed by atoms with E-state index in [1.807, 2.05) is 11.3 Å². The molecule has 3 heteroatoms. The van der Waals surface area contributed by atoms with Crippen LogP contribution in [0.4, 0.5) is 0 Å². The highest BCUT2D eigenvalue weighted by Crippen LogP contribution is 2.19. The van der Waals surface area contributed by atoms with E-state index in [4.69, 9.17) is 4.74 Å². The number of hydrogen-bond donors (Lipinski definition) is 1. The molecule has 84 valence electrons. The van der Waals surface area contributed by atoms with Gasteiger partial charge in [-0.15, -0.1) is 11.3 Å². The van der Waals surface area contributed by atoms with Gasteiger partial charge in [0.15, 0.2) is 0 Å². The van der Waals surface area contributed by atoms with Crippen LogP contribution in [0, 0.1) is 0 Å². The monoisotopic (exact) mass is 225 g/mol. The predicted molar refractivity (Wildman–Crippen MR) is 64.2 cm³/mol. The molecule has 0 unspecified atom stereocenters. The summed E-state index contributed by atoms with van der Waals surface area (Å²) in [6.07, 6.45) is 3.06. The normalized spacial score (nSPS) is 31.7. The van der Waals surface area contributed by atoms with E-state index in [-0.39, 0.29) is 0 Å². The first-order valence-electron chi connectivity index (χ1n) is 5.65. The van der Waals surface area contributed by atoms with Crippen molar-refractivity contribution < 1.29 is 4.74 Å². The van der Waals surface area contributed by atoms with Crippen molar-refractivity contribution in [2.45, 2.75) is 51.5 Å². The summed E-state index contributed by atoms with van der Waals surface area (Å²) in [6.45, 7) is 5.33. The third-order valence-electron chi connectivity index (χ3n) is 2.84. The van der Waals surface area contributed by atoms with E-state index < -0.39 is 0 Å². The van der Waals surface area contributed by atoms with Crippen LogP contribution >= 0.6 is 11.3 Å². The van der Waals surface area contributed by atoms with Gasteiger partial charge in [0.05, 0.1) is 12.2 Å². The van der Waals surface area contributed by atoms with Gasteiger partial charge in [0, 0.05) is 17.5 Å². The van der Waals surface area contributed by atoms with E-state index in [1.165, 1.54) is 4.88 Å². The molecule has 2 heterocycles. The molecule has 0 bridgehead atoms. The van der Waals surface area contributed by atoms with E-state index in [9.17, 15) is 0 Å². The summed E-state index contributed by atoms with van der Waals surface area (Å²) < 4.78 is 5.72. The second-order valence-corrected chi connectivity index (χ2v) is 5.42. The molecule has 15 heavy (non-hydrogen) atoms. The van der Waals surface area contributed by atoms with Crippen LogP contribution in [0.2, 0.25) is 0 Å². The van der Waals surface area contributed by atoms with E-state index >= 15 is 0 Å². The van der Waals surface area contributed by atoms with Crippen molar-refractivity contribution in [1.82, 2.24) is 5.32 Å². The molecule has 0 radical (unpaired) electrons. The summed E-state index contributed by atoms with van der Waals surface area (Å²) in [5.74, 6) is 0. The van der Waals surface area contributed by atoms with Crippen LogP contribution in [0.1, 0.15) is 31.6 Å². The lowest BCUT2D eigenvalue weighted by molar-refractivity contribution is -0.0422. The minimum atomic E-state index is 0.398. The Hall–Kier alpha value is -0.380. The summed E-state index contributed by atoms with van der Waals surface area (Å²) in [5.41, 5.74) is 0. The van der Waals surface area contributed by atoms with Crippen molar-refractivity contribution in [3.63, 3.8) is 0 Å². The Morgan fingerprint density at radius 3 is 2.73 bits per heavy atom. The van der Waals surface area contributed by atoms with E-state index in [0.29, 0.717) is 18.2 Å². The summed E-state index contributed by atoms with van der Waals surface area (Å²) in [4.78, 5) is 1.42. The van der Waals surface area contributed by atoms with Gasteiger partial charge >= 0.3 is 0 Å². The number of nitrogens with one attached hydrogen (secondary N) is 1. The quantitative estimate of drug-likeness (QED) is 0.854. The Morgan fingerprint density at radius 2 is 2.13 bits per heavy atom. The van der Waals surface area contributed by atoms with Gasteiger partial charge in [-0.2, -0.15) is 0 Å². The second kappa shape index (κ2) is 5.10. The van der Waals surface area contributed by atoms with E-state index in [1.54, 1.807) is 0 Å².